The maximum Gasteiger partial charge on any atom is 0.246 e. The van der Waals surface area contributed by atoms with Gasteiger partial charge in [0.05, 0.1) is 0 Å². The average Bonchev–Trinajstić information content (AvgIpc) is 3.34. The summed E-state index contributed by atoms with van der Waals surface area (Å²) in [6.45, 7) is 4.10. The summed E-state index contributed by atoms with van der Waals surface area (Å²) in [5, 5.41) is 7.81. The van der Waals surface area contributed by atoms with E-state index in [1.807, 2.05) is 65.9 Å². The Hall–Kier alpha value is -2.67. The highest BCUT2D eigenvalue weighted by atomic mass is 32.1. The highest BCUT2D eigenvalue weighted by molar-refractivity contribution is 7.71. The van der Waals surface area contributed by atoms with Crippen LogP contribution >= 0.6 is 12.2 Å². The molecule has 0 radical (unpaired) electrons. The van der Waals surface area contributed by atoms with Crippen LogP contribution in [0.3, 0.4) is 0 Å². The van der Waals surface area contributed by atoms with Crippen molar-refractivity contribution >= 4 is 23.8 Å². The lowest BCUT2D eigenvalue weighted by atomic mass is 9.89. The van der Waals surface area contributed by atoms with Crippen molar-refractivity contribution in [1.29, 1.82) is 0 Å². The number of nitrogens with one attached hydrogen (secondary N) is 1. The summed E-state index contributed by atoms with van der Waals surface area (Å²) in [5.74, 6) is 1.20. The Labute approximate surface area is 176 Å². The number of nitrogens with zero attached hydrogens (tertiary/aromatic N) is 4. The first-order chi connectivity index (χ1) is 14.0. The van der Waals surface area contributed by atoms with Gasteiger partial charge in [0.2, 0.25) is 10.7 Å². The Balaban J connectivity index is 1.63. The van der Waals surface area contributed by atoms with Gasteiger partial charge in [0.25, 0.3) is 0 Å². The lowest BCUT2D eigenvalue weighted by molar-refractivity contribution is -0.116. The number of amides is 1. The van der Waals surface area contributed by atoms with Crippen molar-refractivity contribution in [3.63, 3.8) is 0 Å². The fourth-order valence-electron chi connectivity index (χ4n) is 4.01. The molecule has 1 N–H and O–H groups in total. The number of anilines is 1. The van der Waals surface area contributed by atoms with Crippen molar-refractivity contribution in [3.8, 4) is 0 Å². The van der Waals surface area contributed by atoms with Gasteiger partial charge in [0.15, 0.2) is 5.82 Å². The van der Waals surface area contributed by atoms with Crippen molar-refractivity contribution in [1.82, 2.24) is 19.1 Å². The average molecular weight is 410 g/mol. The molecule has 0 aliphatic heterocycles. The van der Waals surface area contributed by atoms with E-state index in [4.69, 9.17) is 17.3 Å². The van der Waals surface area contributed by atoms with Crippen molar-refractivity contribution in [2.45, 2.75) is 58.4 Å². The second-order valence-electron chi connectivity index (χ2n) is 7.87. The van der Waals surface area contributed by atoms with E-state index in [1.165, 1.54) is 19.3 Å². The Morgan fingerprint density at radius 1 is 1.17 bits per heavy atom. The Morgan fingerprint density at radius 2 is 1.90 bits per heavy atom. The SMILES string of the molecule is Cc1ccc(C)c(NC(=O)Cn2nc(C3CCCCC3)n(-n3cccc3)c2=S)c1. The lowest BCUT2D eigenvalue weighted by Gasteiger charge is -2.21. The van der Waals surface area contributed by atoms with Gasteiger partial charge < -0.3 is 5.32 Å². The van der Waals surface area contributed by atoms with Crippen LogP contribution in [0.2, 0.25) is 0 Å². The highest BCUT2D eigenvalue weighted by Gasteiger charge is 2.24. The number of aromatic nitrogens is 4. The molecule has 2 heterocycles. The van der Waals surface area contributed by atoms with E-state index in [2.05, 4.69) is 5.32 Å². The number of carbonyl (C=O) groups excluding carboxylic acids is 1. The minimum atomic E-state index is -0.123. The van der Waals surface area contributed by atoms with Gasteiger partial charge in [-0.2, -0.15) is 5.10 Å². The molecule has 1 aliphatic carbocycles. The van der Waals surface area contributed by atoms with Crippen LogP contribution in [0.1, 0.15) is 55.0 Å². The van der Waals surface area contributed by atoms with Gasteiger partial charge in [-0.05, 0) is 68.2 Å². The largest absolute Gasteiger partial charge is 0.324 e. The fraction of sp³-hybridized carbons (Fsp3) is 0.409. The number of hydrogen-bond donors (Lipinski definition) is 1. The minimum absolute atomic E-state index is 0.0974. The van der Waals surface area contributed by atoms with Crippen LogP contribution < -0.4 is 5.32 Å². The summed E-state index contributed by atoms with van der Waals surface area (Å²) < 4.78 is 6.12. The molecule has 0 spiro atoms. The van der Waals surface area contributed by atoms with Crippen LogP contribution in [0.5, 0.6) is 0 Å². The van der Waals surface area contributed by atoms with Crippen LogP contribution in [-0.4, -0.2) is 25.0 Å². The molecule has 1 aliphatic rings. The van der Waals surface area contributed by atoms with E-state index < -0.39 is 0 Å². The monoisotopic (exact) mass is 409 g/mol. The molecule has 0 saturated heterocycles. The predicted octanol–water partition coefficient (Wildman–Crippen LogP) is 4.83. The van der Waals surface area contributed by atoms with Crippen LogP contribution in [-0.2, 0) is 11.3 Å². The third kappa shape index (κ3) is 4.19. The normalized spacial score (nSPS) is 14.8. The van der Waals surface area contributed by atoms with Crippen LogP contribution in [0.15, 0.2) is 42.7 Å². The Kier molecular flexibility index (Phi) is 5.67. The second kappa shape index (κ2) is 8.37. The molecular weight excluding hydrogens is 382 g/mol. The summed E-state index contributed by atoms with van der Waals surface area (Å²) in [4.78, 5) is 12.7. The van der Waals surface area contributed by atoms with Crippen LogP contribution in [0, 0.1) is 18.6 Å². The van der Waals surface area contributed by atoms with Gasteiger partial charge in [-0.1, -0.05) is 31.4 Å². The molecule has 1 aromatic carbocycles. The summed E-state index contributed by atoms with van der Waals surface area (Å²) in [6.07, 6.45) is 9.85. The first-order valence-electron chi connectivity index (χ1n) is 10.2. The number of carbonyl (C=O) groups is 1. The highest BCUT2D eigenvalue weighted by Crippen LogP contribution is 2.32. The van der Waals surface area contributed by atoms with E-state index >= 15 is 0 Å². The number of aryl methyl sites for hydroxylation is 2. The van der Waals surface area contributed by atoms with Gasteiger partial charge in [0.1, 0.15) is 6.54 Å². The zero-order valence-corrected chi connectivity index (χ0v) is 17.8. The molecule has 1 fully saturated rings. The number of benzene rings is 1. The molecule has 152 valence electrons. The molecule has 0 atom stereocenters. The summed E-state index contributed by atoms with van der Waals surface area (Å²) >= 11 is 5.72. The quantitative estimate of drug-likeness (QED) is 0.614. The van der Waals surface area contributed by atoms with Gasteiger partial charge in [-0.15, -0.1) is 0 Å². The molecule has 3 aromatic rings. The molecule has 2 aromatic heterocycles. The third-order valence-corrected chi connectivity index (χ3v) is 5.98. The maximum absolute atomic E-state index is 12.7. The standard InChI is InChI=1S/C22H27N5OS/c1-16-10-11-17(2)19(14-16)23-20(28)15-26-22(29)27(25-12-6-7-13-25)21(24-26)18-8-4-3-5-9-18/h6-7,10-14,18H,3-5,8-9,15H2,1-2H3,(H,23,28). The molecule has 6 nitrogen and oxygen atoms in total. The first-order valence-corrected chi connectivity index (χ1v) is 10.6. The smallest absolute Gasteiger partial charge is 0.246 e. The zero-order chi connectivity index (χ0) is 20.4. The van der Waals surface area contributed by atoms with E-state index in [1.54, 1.807) is 4.68 Å². The molecule has 1 amide bonds. The summed E-state index contributed by atoms with van der Waals surface area (Å²) in [7, 11) is 0. The fourth-order valence-corrected chi connectivity index (χ4v) is 4.30. The van der Waals surface area contributed by atoms with E-state index in [0.29, 0.717) is 10.7 Å². The molecular formula is C22H27N5OS. The van der Waals surface area contributed by atoms with Crippen molar-refractivity contribution < 1.29 is 4.79 Å². The molecule has 7 heteroatoms. The topological polar surface area (TPSA) is 56.8 Å². The number of hydrogen-bond acceptors (Lipinski definition) is 3. The van der Waals surface area contributed by atoms with E-state index in [0.717, 1.165) is 35.5 Å². The summed E-state index contributed by atoms with van der Waals surface area (Å²) in [6, 6.07) is 9.97. The van der Waals surface area contributed by atoms with Gasteiger partial charge in [0, 0.05) is 24.0 Å². The molecule has 1 saturated carbocycles. The molecule has 4 rings (SSSR count). The molecule has 0 unspecified atom stereocenters. The molecule has 29 heavy (non-hydrogen) atoms. The predicted molar refractivity (Wildman–Crippen MR) is 117 cm³/mol. The Morgan fingerprint density at radius 3 is 2.62 bits per heavy atom. The lowest BCUT2D eigenvalue weighted by Crippen LogP contribution is -2.20. The second-order valence-corrected chi connectivity index (χ2v) is 8.24. The maximum atomic E-state index is 12.7. The van der Waals surface area contributed by atoms with Gasteiger partial charge in [-0.3, -0.25) is 9.47 Å². The van der Waals surface area contributed by atoms with Crippen molar-refractivity contribution in [2.24, 2.45) is 0 Å². The van der Waals surface area contributed by atoms with Gasteiger partial charge in [-0.25, -0.2) is 9.36 Å². The number of rotatable bonds is 5. The zero-order valence-electron chi connectivity index (χ0n) is 17.0. The Bertz CT molecular complexity index is 1060. The van der Waals surface area contributed by atoms with E-state index in [-0.39, 0.29) is 12.5 Å². The van der Waals surface area contributed by atoms with Crippen molar-refractivity contribution in [2.75, 3.05) is 5.32 Å². The third-order valence-electron chi connectivity index (χ3n) is 5.59. The first kappa shape index (κ1) is 19.6. The molecule has 0 bridgehead atoms. The summed E-state index contributed by atoms with van der Waals surface area (Å²) in [5.41, 5.74) is 2.98. The van der Waals surface area contributed by atoms with Gasteiger partial charge >= 0.3 is 0 Å². The van der Waals surface area contributed by atoms with E-state index in [9.17, 15) is 4.79 Å². The minimum Gasteiger partial charge on any atom is -0.324 e. The van der Waals surface area contributed by atoms with Crippen LogP contribution in [0.4, 0.5) is 5.69 Å². The van der Waals surface area contributed by atoms with Crippen LogP contribution in [0.25, 0.3) is 0 Å². The van der Waals surface area contributed by atoms with Crippen molar-refractivity contribution in [3.05, 3.63) is 64.4 Å².